The molecule has 3 N–H and O–H groups in total. The minimum Gasteiger partial charge on any atom is -0.497 e. The number of fused-ring (bicyclic) bond motifs is 1. The van der Waals surface area contributed by atoms with Gasteiger partial charge < -0.3 is 4.74 Å². The second-order valence-electron chi connectivity index (χ2n) is 4.89. The van der Waals surface area contributed by atoms with Gasteiger partial charge in [-0.25, -0.2) is 9.82 Å². The summed E-state index contributed by atoms with van der Waals surface area (Å²) in [4.78, 5) is 0. The second-order valence-corrected chi connectivity index (χ2v) is 6.27. The van der Waals surface area contributed by atoms with Gasteiger partial charge in [-0.05, 0) is 29.8 Å². The van der Waals surface area contributed by atoms with Gasteiger partial charge in [0.2, 0.25) is 0 Å². The van der Waals surface area contributed by atoms with Gasteiger partial charge in [0.15, 0.2) is 0 Å². The lowest BCUT2D eigenvalue weighted by Crippen LogP contribution is -2.30. The lowest BCUT2D eigenvalue weighted by molar-refractivity contribution is 0.415. The van der Waals surface area contributed by atoms with Crippen molar-refractivity contribution < 1.29 is 13.2 Å². The minimum absolute atomic E-state index is 0.104. The standard InChI is InChI=1S/C14H15N5O3S/c1-22-12-5-6-14-13(8-12)17-18-19(14)11-4-2-3-10(7-11)9-16-23(15,20)21/h2-8,16H,9H2,1H3,(H2,15,20,21). The van der Waals surface area contributed by atoms with Crippen LogP contribution in [-0.4, -0.2) is 30.5 Å². The SMILES string of the molecule is COc1ccc2c(c1)nnn2-c1cccc(CNS(N)(=O)=O)c1. The molecule has 8 nitrogen and oxygen atoms in total. The Morgan fingerprint density at radius 1 is 1.26 bits per heavy atom. The third kappa shape index (κ3) is 3.47. The number of hydrogen-bond donors (Lipinski definition) is 2. The maximum absolute atomic E-state index is 11.0. The van der Waals surface area contributed by atoms with Crippen molar-refractivity contribution in [1.29, 1.82) is 0 Å². The number of rotatable bonds is 5. The molecular weight excluding hydrogens is 318 g/mol. The molecule has 0 aliphatic carbocycles. The number of benzene rings is 2. The van der Waals surface area contributed by atoms with Gasteiger partial charge in [-0.2, -0.15) is 13.1 Å². The van der Waals surface area contributed by atoms with Crippen LogP contribution < -0.4 is 14.6 Å². The van der Waals surface area contributed by atoms with Crippen LogP contribution in [0, 0.1) is 0 Å². The van der Waals surface area contributed by atoms with E-state index in [9.17, 15) is 8.42 Å². The van der Waals surface area contributed by atoms with Crippen LogP contribution in [0.25, 0.3) is 16.7 Å². The van der Waals surface area contributed by atoms with Crippen LogP contribution >= 0.6 is 0 Å². The molecule has 3 aromatic rings. The molecule has 0 saturated carbocycles. The number of nitrogens with two attached hydrogens (primary N) is 1. The summed E-state index contributed by atoms with van der Waals surface area (Å²) >= 11 is 0. The van der Waals surface area contributed by atoms with E-state index in [1.165, 1.54) is 0 Å². The van der Waals surface area contributed by atoms with Gasteiger partial charge in [0.05, 0.1) is 18.3 Å². The molecule has 0 aliphatic rings. The van der Waals surface area contributed by atoms with E-state index < -0.39 is 10.2 Å². The quantitative estimate of drug-likeness (QED) is 0.714. The molecule has 23 heavy (non-hydrogen) atoms. The van der Waals surface area contributed by atoms with E-state index in [1.54, 1.807) is 23.9 Å². The Morgan fingerprint density at radius 3 is 2.83 bits per heavy atom. The topological polar surface area (TPSA) is 112 Å². The van der Waals surface area contributed by atoms with Gasteiger partial charge in [-0.1, -0.05) is 17.3 Å². The maximum atomic E-state index is 11.0. The number of nitrogens with zero attached hydrogens (tertiary/aromatic N) is 3. The average molecular weight is 333 g/mol. The van der Waals surface area contributed by atoms with Crippen molar-refractivity contribution in [3.8, 4) is 11.4 Å². The van der Waals surface area contributed by atoms with Crippen LogP contribution in [-0.2, 0) is 16.8 Å². The van der Waals surface area contributed by atoms with Gasteiger partial charge in [0.25, 0.3) is 10.2 Å². The summed E-state index contributed by atoms with van der Waals surface area (Å²) in [5, 5.41) is 13.2. The van der Waals surface area contributed by atoms with Crippen molar-refractivity contribution in [1.82, 2.24) is 19.7 Å². The van der Waals surface area contributed by atoms with Crippen LogP contribution in [0.4, 0.5) is 0 Å². The van der Waals surface area contributed by atoms with Crippen molar-refractivity contribution in [2.75, 3.05) is 7.11 Å². The fourth-order valence-corrected chi connectivity index (χ4v) is 2.57. The summed E-state index contributed by atoms with van der Waals surface area (Å²) in [6, 6.07) is 12.8. The molecule has 0 saturated heterocycles. The minimum atomic E-state index is -3.73. The van der Waals surface area contributed by atoms with Gasteiger partial charge in [0, 0.05) is 12.6 Å². The monoisotopic (exact) mass is 333 g/mol. The van der Waals surface area contributed by atoms with Crippen molar-refractivity contribution in [2.45, 2.75) is 6.54 Å². The predicted molar refractivity (Wildman–Crippen MR) is 85.4 cm³/mol. The molecule has 1 aromatic heterocycles. The highest BCUT2D eigenvalue weighted by Crippen LogP contribution is 2.21. The summed E-state index contributed by atoms with van der Waals surface area (Å²) in [6.07, 6.45) is 0. The Hall–Kier alpha value is -2.49. The van der Waals surface area contributed by atoms with Crippen LogP contribution in [0.5, 0.6) is 5.75 Å². The van der Waals surface area contributed by atoms with Gasteiger partial charge in [0.1, 0.15) is 11.3 Å². The number of methoxy groups -OCH3 is 1. The molecule has 0 spiro atoms. The number of ether oxygens (including phenoxy) is 1. The summed E-state index contributed by atoms with van der Waals surface area (Å²) in [5.74, 6) is 0.704. The van der Waals surface area contributed by atoms with E-state index in [1.807, 2.05) is 30.3 Å². The van der Waals surface area contributed by atoms with E-state index in [-0.39, 0.29) is 6.54 Å². The Morgan fingerprint density at radius 2 is 2.09 bits per heavy atom. The van der Waals surface area contributed by atoms with Crippen molar-refractivity contribution in [3.63, 3.8) is 0 Å². The molecule has 3 rings (SSSR count). The largest absolute Gasteiger partial charge is 0.497 e. The molecule has 0 unspecified atom stereocenters. The molecule has 0 atom stereocenters. The molecule has 2 aromatic carbocycles. The highest BCUT2D eigenvalue weighted by atomic mass is 32.2. The van der Waals surface area contributed by atoms with Crippen molar-refractivity contribution in [3.05, 3.63) is 48.0 Å². The van der Waals surface area contributed by atoms with Gasteiger partial charge in [-0.3, -0.25) is 0 Å². The van der Waals surface area contributed by atoms with Crippen LogP contribution in [0.15, 0.2) is 42.5 Å². The molecule has 0 aliphatic heterocycles. The van der Waals surface area contributed by atoms with Crippen LogP contribution in [0.2, 0.25) is 0 Å². The first-order valence-electron chi connectivity index (χ1n) is 6.72. The third-order valence-corrected chi connectivity index (χ3v) is 3.83. The average Bonchev–Trinajstić information content (AvgIpc) is 2.95. The zero-order valence-corrected chi connectivity index (χ0v) is 13.1. The van der Waals surface area contributed by atoms with E-state index in [0.29, 0.717) is 11.3 Å². The van der Waals surface area contributed by atoms with Crippen LogP contribution in [0.1, 0.15) is 5.56 Å². The van der Waals surface area contributed by atoms with Gasteiger partial charge in [-0.15, -0.1) is 5.10 Å². The Bertz CT molecular complexity index is 952. The van der Waals surface area contributed by atoms with E-state index in [2.05, 4.69) is 15.0 Å². The summed E-state index contributed by atoms with van der Waals surface area (Å²) < 4.78 is 31.1. The van der Waals surface area contributed by atoms with E-state index in [4.69, 9.17) is 9.88 Å². The first-order valence-corrected chi connectivity index (χ1v) is 8.27. The molecule has 0 amide bonds. The molecule has 0 radical (unpaired) electrons. The number of hydrogen-bond acceptors (Lipinski definition) is 5. The smallest absolute Gasteiger partial charge is 0.274 e. The molecular formula is C14H15N5O3S. The van der Waals surface area contributed by atoms with Crippen molar-refractivity contribution in [2.24, 2.45) is 5.14 Å². The summed E-state index contributed by atoms with van der Waals surface area (Å²) in [7, 11) is -2.14. The van der Waals surface area contributed by atoms with Crippen molar-refractivity contribution >= 4 is 21.2 Å². The molecule has 9 heteroatoms. The zero-order chi connectivity index (χ0) is 16.4. The molecule has 0 fully saturated rings. The first kappa shape index (κ1) is 15.4. The van der Waals surface area contributed by atoms with E-state index >= 15 is 0 Å². The lowest BCUT2D eigenvalue weighted by atomic mass is 10.2. The normalized spacial score (nSPS) is 11.7. The number of nitrogens with one attached hydrogen (secondary N) is 1. The predicted octanol–water partition coefficient (Wildman–Crippen LogP) is 0.722. The summed E-state index contributed by atoms with van der Waals surface area (Å²) in [5.41, 5.74) is 3.06. The fourth-order valence-electron chi connectivity index (χ4n) is 2.20. The Kier molecular flexibility index (Phi) is 3.99. The lowest BCUT2D eigenvalue weighted by Gasteiger charge is -2.06. The molecule has 1 heterocycles. The maximum Gasteiger partial charge on any atom is 0.274 e. The second kappa shape index (κ2) is 5.95. The Labute approximate surface area is 133 Å². The highest BCUT2D eigenvalue weighted by Gasteiger charge is 2.09. The highest BCUT2D eigenvalue weighted by molar-refractivity contribution is 7.87. The first-order chi connectivity index (χ1) is 11.0. The summed E-state index contributed by atoms with van der Waals surface area (Å²) in [6.45, 7) is 0.104. The van der Waals surface area contributed by atoms with Crippen LogP contribution in [0.3, 0.4) is 0 Å². The Balaban J connectivity index is 1.96. The molecule has 120 valence electrons. The fraction of sp³-hybridized carbons (Fsp3) is 0.143. The van der Waals surface area contributed by atoms with E-state index in [0.717, 1.165) is 16.8 Å². The number of aromatic nitrogens is 3. The zero-order valence-electron chi connectivity index (χ0n) is 12.3. The third-order valence-electron chi connectivity index (χ3n) is 3.29. The van der Waals surface area contributed by atoms with Gasteiger partial charge >= 0.3 is 0 Å². The molecule has 0 bridgehead atoms.